The minimum atomic E-state index is -3.60. The fourth-order valence-electron chi connectivity index (χ4n) is 3.12. The van der Waals surface area contributed by atoms with Gasteiger partial charge in [-0.3, -0.25) is 9.89 Å². The number of dihydropyridines is 1. The number of aromatic amines is 1. The number of anilines is 1. The number of amides is 1. The van der Waals surface area contributed by atoms with Gasteiger partial charge >= 0.3 is 11.8 Å². The predicted octanol–water partition coefficient (Wildman–Crippen LogP) is 2.19. The first kappa shape index (κ1) is 17.0. The van der Waals surface area contributed by atoms with E-state index >= 15 is 0 Å². The van der Waals surface area contributed by atoms with Crippen LogP contribution in [0.2, 0.25) is 0 Å². The summed E-state index contributed by atoms with van der Waals surface area (Å²) in [6.45, 7) is 1.56. The molecular formula is C18H21F2N5O. The summed E-state index contributed by atoms with van der Waals surface area (Å²) < 4.78 is 29.0. The van der Waals surface area contributed by atoms with Gasteiger partial charge in [0.15, 0.2) is 5.82 Å². The summed E-state index contributed by atoms with van der Waals surface area (Å²) in [5.74, 6) is -4.43. The number of rotatable bonds is 5. The summed E-state index contributed by atoms with van der Waals surface area (Å²) in [6, 6.07) is 1.62. The number of alkyl halides is 2. The highest BCUT2D eigenvalue weighted by Gasteiger charge is 2.43. The normalized spacial score (nSPS) is 20.6. The van der Waals surface area contributed by atoms with E-state index < -0.39 is 11.8 Å². The molecule has 1 saturated carbocycles. The van der Waals surface area contributed by atoms with Crippen molar-refractivity contribution in [2.45, 2.75) is 31.1 Å². The topological polar surface area (TPSA) is 81.8 Å². The highest BCUT2D eigenvalue weighted by atomic mass is 19.3. The monoisotopic (exact) mass is 361 g/mol. The van der Waals surface area contributed by atoms with Gasteiger partial charge in [-0.2, -0.15) is 13.9 Å². The van der Waals surface area contributed by atoms with Crippen LogP contribution < -0.4 is 16.0 Å². The van der Waals surface area contributed by atoms with Crippen molar-refractivity contribution in [2.24, 2.45) is 0 Å². The second-order valence-corrected chi connectivity index (χ2v) is 6.83. The number of carbonyl (C=O) groups is 1. The van der Waals surface area contributed by atoms with Gasteiger partial charge in [-0.05, 0) is 37.5 Å². The maximum Gasteiger partial charge on any atom is 0.348 e. The lowest BCUT2D eigenvalue weighted by molar-refractivity contribution is -0.134. The number of H-pyrrole nitrogens is 1. The van der Waals surface area contributed by atoms with E-state index in [1.165, 1.54) is 6.08 Å². The number of allylic oxidation sites excluding steroid dienone is 2. The number of aromatic nitrogens is 2. The van der Waals surface area contributed by atoms with Gasteiger partial charge in [-0.15, -0.1) is 0 Å². The molecule has 0 unspecified atom stereocenters. The molecule has 1 aromatic rings. The molecule has 138 valence electrons. The third-order valence-electron chi connectivity index (χ3n) is 4.84. The highest BCUT2D eigenvalue weighted by Crippen LogP contribution is 2.39. The van der Waals surface area contributed by atoms with Crippen LogP contribution in [0.15, 0.2) is 41.1 Å². The van der Waals surface area contributed by atoms with Gasteiger partial charge in [0, 0.05) is 42.0 Å². The van der Waals surface area contributed by atoms with Crippen molar-refractivity contribution in [3.8, 4) is 0 Å². The maximum atomic E-state index is 14.5. The standard InChI is InChI=1S/C18H21F2N5O/c19-18(20,17(26)23-16-8-15(24-25-16)11-3-4-11)13-5-6-14(22-10-13)12-2-1-7-21-9-12/h2,5-6,8,11,21-22H,1,3-4,7,9-10H2,(H2,23,24,25,26). The van der Waals surface area contributed by atoms with Crippen LogP contribution in [-0.2, 0) is 4.79 Å². The van der Waals surface area contributed by atoms with E-state index in [0.29, 0.717) is 12.5 Å². The molecule has 0 atom stereocenters. The van der Waals surface area contributed by atoms with Gasteiger partial charge in [0.05, 0.1) is 0 Å². The Morgan fingerprint density at radius 2 is 2.12 bits per heavy atom. The number of hydrogen-bond acceptors (Lipinski definition) is 4. The minimum Gasteiger partial charge on any atom is -0.381 e. The first-order chi connectivity index (χ1) is 12.5. The second-order valence-electron chi connectivity index (χ2n) is 6.83. The van der Waals surface area contributed by atoms with Crippen LogP contribution in [0.1, 0.15) is 30.9 Å². The summed E-state index contributed by atoms with van der Waals surface area (Å²) in [6.07, 6.45) is 8.07. The summed E-state index contributed by atoms with van der Waals surface area (Å²) in [7, 11) is 0. The molecule has 1 aliphatic carbocycles. The summed E-state index contributed by atoms with van der Waals surface area (Å²) >= 11 is 0. The molecule has 0 bridgehead atoms. The Hall–Kier alpha value is -2.48. The lowest BCUT2D eigenvalue weighted by Gasteiger charge is -2.25. The van der Waals surface area contributed by atoms with E-state index in [0.717, 1.165) is 42.8 Å². The first-order valence-electron chi connectivity index (χ1n) is 8.84. The van der Waals surface area contributed by atoms with E-state index in [4.69, 9.17) is 0 Å². The number of carbonyl (C=O) groups excluding carboxylic acids is 1. The summed E-state index contributed by atoms with van der Waals surface area (Å²) in [5, 5.41) is 15.1. The van der Waals surface area contributed by atoms with E-state index in [1.54, 1.807) is 12.1 Å². The van der Waals surface area contributed by atoms with Gasteiger partial charge in [0.1, 0.15) is 0 Å². The van der Waals surface area contributed by atoms with Crippen molar-refractivity contribution in [1.29, 1.82) is 0 Å². The molecule has 26 heavy (non-hydrogen) atoms. The lowest BCUT2D eigenvalue weighted by Crippen LogP contribution is -2.41. The van der Waals surface area contributed by atoms with Crippen molar-refractivity contribution < 1.29 is 13.6 Å². The number of hydrogen-bond donors (Lipinski definition) is 4. The van der Waals surface area contributed by atoms with E-state index in [1.807, 2.05) is 0 Å². The average molecular weight is 361 g/mol. The van der Waals surface area contributed by atoms with Crippen molar-refractivity contribution >= 4 is 11.7 Å². The maximum absolute atomic E-state index is 14.5. The molecular weight excluding hydrogens is 340 g/mol. The van der Waals surface area contributed by atoms with Crippen LogP contribution in [0.4, 0.5) is 14.6 Å². The molecule has 0 radical (unpaired) electrons. The molecule has 3 heterocycles. The van der Waals surface area contributed by atoms with Crippen LogP contribution >= 0.6 is 0 Å². The Bertz CT molecular complexity index is 804. The zero-order valence-corrected chi connectivity index (χ0v) is 14.2. The molecule has 2 aliphatic heterocycles. The molecule has 0 saturated heterocycles. The zero-order valence-electron chi connectivity index (χ0n) is 14.2. The quantitative estimate of drug-likeness (QED) is 0.648. The lowest BCUT2D eigenvalue weighted by atomic mass is 10.0. The van der Waals surface area contributed by atoms with E-state index in [2.05, 4.69) is 32.2 Å². The summed E-state index contributed by atoms with van der Waals surface area (Å²) in [4.78, 5) is 12.1. The second kappa shape index (κ2) is 6.68. The fraction of sp³-hybridized carbons (Fsp3) is 0.444. The molecule has 0 aromatic carbocycles. The van der Waals surface area contributed by atoms with Gasteiger partial charge in [-0.25, -0.2) is 0 Å². The van der Waals surface area contributed by atoms with Crippen molar-refractivity contribution in [3.63, 3.8) is 0 Å². The van der Waals surface area contributed by atoms with Crippen LogP contribution in [0, 0.1) is 0 Å². The molecule has 6 nitrogen and oxygen atoms in total. The van der Waals surface area contributed by atoms with Crippen molar-refractivity contribution in [1.82, 2.24) is 20.8 Å². The Balaban J connectivity index is 1.44. The summed E-state index contributed by atoms with van der Waals surface area (Å²) in [5.41, 5.74) is 2.49. The third-order valence-corrected chi connectivity index (χ3v) is 4.84. The molecule has 3 aliphatic rings. The molecule has 1 fully saturated rings. The molecule has 0 spiro atoms. The highest BCUT2D eigenvalue weighted by molar-refractivity contribution is 5.97. The zero-order chi connectivity index (χ0) is 18.1. The predicted molar refractivity (Wildman–Crippen MR) is 93.9 cm³/mol. The Kier molecular flexibility index (Phi) is 4.36. The number of nitrogens with one attached hydrogen (secondary N) is 4. The largest absolute Gasteiger partial charge is 0.381 e. The minimum absolute atomic E-state index is 0.0719. The van der Waals surface area contributed by atoms with Gasteiger partial charge < -0.3 is 16.0 Å². The fourth-order valence-corrected chi connectivity index (χ4v) is 3.12. The molecule has 8 heteroatoms. The van der Waals surface area contributed by atoms with Crippen molar-refractivity contribution in [3.05, 3.63) is 46.8 Å². The Morgan fingerprint density at radius 1 is 1.27 bits per heavy atom. The average Bonchev–Trinajstić information content (AvgIpc) is 3.42. The number of halogens is 2. The van der Waals surface area contributed by atoms with Gasteiger partial charge in [0.25, 0.3) is 0 Å². The Morgan fingerprint density at radius 3 is 2.77 bits per heavy atom. The Labute approximate surface area is 149 Å². The SMILES string of the molecule is O=C(Nc1cc(C2CC2)[nH]n1)C(F)(F)C1=CC=C(C2=CCCNC2)NC1. The smallest absolute Gasteiger partial charge is 0.348 e. The van der Waals surface area contributed by atoms with Gasteiger partial charge in [0.2, 0.25) is 0 Å². The van der Waals surface area contributed by atoms with E-state index in [9.17, 15) is 13.6 Å². The molecule has 1 amide bonds. The number of nitrogens with zero attached hydrogens (tertiary/aromatic N) is 1. The molecule has 4 N–H and O–H groups in total. The van der Waals surface area contributed by atoms with Crippen molar-refractivity contribution in [2.75, 3.05) is 25.0 Å². The third kappa shape index (κ3) is 3.41. The van der Waals surface area contributed by atoms with Crippen LogP contribution in [-0.4, -0.2) is 41.7 Å². The van der Waals surface area contributed by atoms with Crippen LogP contribution in [0.25, 0.3) is 0 Å². The van der Waals surface area contributed by atoms with Crippen LogP contribution in [0.5, 0.6) is 0 Å². The van der Waals surface area contributed by atoms with Gasteiger partial charge in [-0.1, -0.05) is 12.2 Å². The molecule has 4 rings (SSSR count). The first-order valence-corrected chi connectivity index (χ1v) is 8.84. The van der Waals surface area contributed by atoms with Crippen LogP contribution in [0.3, 0.4) is 0 Å². The molecule has 1 aromatic heterocycles. The van der Waals surface area contributed by atoms with E-state index in [-0.39, 0.29) is 17.9 Å².